The number of benzene rings is 1. The van der Waals surface area contributed by atoms with Crippen LogP contribution in [0, 0.1) is 0 Å². The van der Waals surface area contributed by atoms with Gasteiger partial charge in [0.05, 0.1) is 19.1 Å². The maximum Gasteiger partial charge on any atom is 0.250 e. The number of ether oxygens (including phenoxy) is 1. The third-order valence-corrected chi connectivity index (χ3v) is 6.73. The number of nitrogens with one attached hydrogen (secondary N) is 1. The number of hydrogen-bond donors (Lipinski definition) is 1. The Hall–Kier alpha value is -1.56. The second-order valence-corrected chi connectivity index (χ2v) is 9.69. The molecule has 0 aliphatic carbocycles. The predicted molar refractivity (Wildman–Crippen MR) is 110 cm³/mol. The Balaban J connectivity index is 2.44. The summed E-state index contributed by atoms with van der Waals surface area (Å²) in [6, 6.07) is 3.56. The Labute approximate surface area is 171 Å². The van der Waals surface area contributed by atoms with Gasteiger partial charge in [-0.15, -0.1) is 10.2 Å². The molecule has 12 heteroatoms. The van der Waals surface area contributed by atoms with E-state index in [2.05, 4.69) is 15.5 Å². The van der Waals surface area contributed by atoms with Crippen LogP contribution in [0.15, 0.2) is 22.5 Å². The summed E-state index contributed by atoms with van der Waals surface area (Å²) in [6.45, 7) is 1.72. The molecule has 1 aromatic heterocycles. The lowest BCUT2D eigenvalue weighted by atomic mass is 10.2. The lowest BCUT2D eigenvalue weighted by Crippen LogP contribution is -2.47. The van der Waals surface area contributed by atoms with Crippen LogP contribution >= 0.6 is 34.7 Å². The zero-order valence-corrected chi connectivity index (χ0v) is 18.3. The minimum atomic E-state index is -3.82. The maximum absolute atomic E-state index is 12.8. The fourth-order valence-corrected chi connectivity index (χ4v) is 4.95. The second kappa shape index (κ2) is 9.09. The van der Waals surface area contributed by atoms with Crippen LogP contribution in [0.2, 0.25) is 5.02 Å². The van der Waals surface area contributed by atoms with E-state index in [1.165, 1.54) is 36.3 Å². The molecule has 0 saturated carbocycles. The average Bonchev–Trinajstić information content (AvgIpc) is 3.05. The smallest absolute Gasteiger partial charge is 0.250 e. The molecule has 0 bridgehead atoms. The third-order valence-electron chi connectivity index (χ3n) is 3.52. The molecule has 1 heterocycles. The number of carbonyl (C=O) groups excluding carboxylic acids is 1. The number of anilines is 2. The van der Waals surface area contributed by atoms with Crippen molar-refractivity contribution in [3.63, 3.8) is 0 Å². The summed E-state index contributed by atoms with van der Waals surface area (Å²) >= 11 is 8.66. The Morgan fingerprint density at radius 3 is 2.67 bits per heavy atom. The molecule has 1 aromatic carbocycles. The van der Waals surface area contributed by atoms with E-state index in [-0.39, 0.29) is 17.9 Å². The standard InChI is InChI=1S/C15H19ClN4O4S3/c1-5-10(13(21)17-14-18-19-15(25-3)26-14)20(27(4,22)23)11-8-9(16)6-7-12(11)24-2/h6-8,10H,5H2,1-4H3,(H,17,18,21)/t10-/m0/s1. The Morgan fingerprint density at radius 2 is 2.15 bits per heavy atom. The SMILES string of the molecule is CC[C@@H](C(=O)Nc1nnc(SC)s1)N(c1cc(Cl)ccc1OC)S(C)(=O)=O. The summed E-state index contributed by atoms with van der Waals surface area (Å²) in [5, 5.41) is 11.1. The molecule has 0 aliphatic rings. The number of carbonyl (C=O) groups is 1. The highest BCUT2D eigenvalue weighted by Gasteiger charge is 2.34. The number of aromatic nitrogens is 2. The van der Waals surface area contributed by atoms with Crippen LogP contribution < -0.4 is 14.4 Å². The van der Waals surface area contributed by atoms with Crippen LogP contribution in [-0.4, -0.2) is 50.2 Å². The Bertz CT molecular complexity index is 920. The fraction of sp³-hybridized carbons (Fsp3) is 0.400. The molecule has 0 saturated heterocycles. The van der Waals surface area contributed by atoms with E-state index in [1.807, 2.05) is 6.26 Å². The van der Waals surface area contributed by atoms with E-state index in [0.717, 1.165) is 10.6 Å². The molecule has 1 atom stereocenters. The van der Waals surface area contributed by atoms with Crippen molar-refractivity contribution < 1.29 is 17.9 Å². The number of sulfonamides is 1. The van der Waals surface area contributed by atoms with Crippen molar-refractivity contribution in [2.45, 2.75) is 23.7 Å². The van der Waals surface area contributed by atoms with Crippen LogP contribution in [0.1, 0.15) is 13.3 Å². The first kappa shape index (κ1) is 21.7. The van der Waals surface area contributed by atoms with Crippen LogP contribution in [0.4, 0.5) is 10.8 Å². The van der Waals surface area contributed by atoms with Gasteiger partial charge in [-0.3, -0.25) is 14.4 Å². The largest absolute Gasteiger partial charge is 0.495 e. The molecule has 0 radical (unpaired) electrons. The van der Waals surface area contributed by atoms with Crippen LogP contribution in [-0.2, 0) is 14.8 Å². The molecular weight excluding hydrogens is 432 g/mol. The van der Waals surface area contributed by atoms with E-state index < -0.39 is 22.0 Å². The summed E-state index contributed by atoms with van der Waals surface area (Å²) < 4.78 is 32.0. The van der Waals surface area contributed by atoms with Gasteiger partial charge in [-0.25, -0.2) is 8.42 Å². The lowest BCUT2D eigenvalue weighted by Gasteiger charge is -2.30. The van der Waals surface area contributed by atoms with Gasteiger partial charge in [0.25, 0.3) is 0 Å². The molecule has 0 fully saturated rings. The molecule has 148 valence electrons. The number of thioether (sulfide) groups is 1. The predicted octanol–water partition coefficient (Wildman–Crippen LogP) is 3.11. The van der Waals surface area contributed by atoms with E-state index >= 15 is 0 Å². The van der Waals surface area contributed by atoms with Gasteiger partial charge in [-0.1, -0.05) is 41.6 Å². The molecule has 27 heavy (non-hydrogen) atoms. The normalized spacial score (nSPS) is 12.5. The molecule has 2 aromatic rings. The molecule has 2 rings (SSSR count). The van der Waals surface area contributed by atoms with Gasteiger partial charge in [-0.05, 0) is 30.9 Å². The maximum atomic E-state index is 12.8. The number of amides is 1. The molecule has 1 N–H and O–H groups in total. The number of methoxy groups -OCH3 is 1. The highest BCUT2D eigenvalue weighted by molar-refractivity contribution is 8.00. The molecule has 0 aliphatic heterocycles. The van der Waals surface area contributed by atoms with Gasteiger partial charge in [0, 0.05) is 5.02 Å². The zero-order valence-electron chi connectivity index (χ0n) is 15.1. The summed E-state index contributed by atoms with van der Waals surface area (Å²) in [4.78, 5) is 12.8. The summed E-state index contributed by atoms with van der Waals surface area (Å²) in [5.74, 6) is -0.231. The second-order valence-electron chi connectivity index (χ2n) is 5.37. The first-order chi connectivity index (χ1) is 12.7. The first-order valence-corrected chi connectivity index (χ1v) is 12.0. The summed E-state index contributed by atoms with van der Waals surface area (Å²) in [6.07, 6.45) is 3.10. The number of nitrogens with zero attached hydrogens (tertiary/aromatic N) is 3. The van der Waals surface area contributed by atoms with Crippen molar-refractivity contribution in [1.29, 1.82) is 0 Å². The van der Waals surface area contributed by atoms with Crippen LogP contribution in [0.3, 0.4) is 0 Å². The minimum Gasteiger partial charge on any atom is -0.495 e. The van der Waals surface area contributed by atoms with Crippen molar-refractivity contribution in [1.82, 2.24) is 10.2 Å². The van der Waals surface area contributed by atoms with Crippen LogP contribution in [0.25, 0.3) is 0 Å². The monoisotopic (exact) mass is 450 g/mol. The van der Waals surface area contributed by atoms with E-state index in [0.29, 0.717) is 14.5 Å². The molecule has 1 amide bonds. The van der Waals surface area contributed by atoms with Gasteiger partial charge in [0.2, 0.25) is 21.1 Å². The van der Waals surface area contributed by atoms with E-state index in [1.54, 1.807) is 19.1 Å². The zero-order chi connectivity index (χ0) is 20.2. The lowest BCUT2D eigenvalue weighted by molar-refractivity contribution is -0.117. The topological polar surface area (TPSA) is 101 Å². The molecule has 0 unspecified atom stereocenters. The van der Waals surface area contributed by atoms with Gasteiger partial charge in [-0.2, -0.15) is 0 Å². The quantitative estimate of drug-likeness (QED) is 0.487. The van der Waals surface area contributed by atoms with Crippen molar-refractivity contribution in [2.24, 2.45) is 0 Å². The van der Waals surface area contributed by atoms with Crippen LogP contribution in [0.5, 0.6) is 5.75 Å². The molecule has 8 nitrogen and oxygen atoms in total. The number of rotatable bonds is 8. The highest BCUT2D eigenvalue weighted by atomic mass is 35.5. The van der Waals surface area contributed by atoms with Gasteiger partial charge in [0.15, 0.2) is 4.34 Å². The van der Waals surface area contributed by atoms with Crippen molar-refractivity contribution in [2.75, 3.05) is 29.2 Å². The fourth-order valence-electron chi connectivity index (χ4n) is 2.40. The Kier molecular flexibility index (Phi) is 7.32. The Morgan fingerprint density at radius 1 is 1.44 bits per heavy atom. The summed E-state index contributed by atoms with van der Waals surface area (Å²) in [7, 11) is -2.40. The van der Waals surface area contributed by atoms with E-state index in [9.17, 15) is 13.2 Å². The number of hydrogen-bond acceptors (Lipinski definition) is 8. The van der Waals surface area contributed by atoms with Gasteiger partial charge >= 0.3 is 0 Å². The van der Waals surface area contributed by atoms with E-state index in [4.69, 9.17) is 16.3 Å². The summed E-state index contributed by atoms with van der Waals surface area (Å²) in [5.41, 5.74) is 0.191. The van der Waals surface area contributed by atoms with Gasteiger partial charge < -0.3 is 4.74 Å². The molecular formula is C15H19ClN4O4S3. The highest BCUT2D eigenvalue weighted by Crippen LogP contribution is 2.35. The first-order valence-electron chi connectivity index (χ1n) is 7.72. The van der Waals surface area contributed by atoms with Crippen molar-refractivity contribution in [3.8, 4) is 5.75 Å². The van der Waals surface area contributed by atoms with Crippen molar-refractivity contribution >= 4 is 61.4 Å². The van der Waals surface area contributed by atoms with Gasteiger partial charge in [0.1, 0.15) is 11.8 Å². The average molecular weight is 451 g/mol. The minimum absolute atomic E-state index is 0.191. The molecule has 0 spiro atoms. The third kappa shape index (κ3) is 5.24. The number of halogens is 1. The van der Waals surface area contributed by atoms with Crippen molar-refractivity contribution in [3.05, 3.63) is 23.2 Å².